The van der Waals surface area contributed by atoms with Crippen molar-refractivity contribution in [1.29, 1.82) is 0 Å². The van der Waals surface area contributed by atoms with Gasteiger partial charge in [0.2, 0.25) is 0 Å². The van der Waals surface area contributed by atoms with Gasteiger partial charge in [0.1, 0.15) is 5.69 Å². The topological polar surface area (TPSA) is 3.88 Å². The molecule has 2 aromatic rings. The van der Waals surface area contributed by atoms with Gasteiger partial charge >= 0.3 is 0 Å². The highest BCUT2D eigenvalue weighted by Crippen LogP contribution is 2.53. The molecule has 0 saturated carbocycles. The lowest BCUT2D eigenvalue weighted by molar-refractivity contribution is -0.601. The molecule has 1 heterocycles. The smallest absolute Gasteiger partial charge is 0.116 e. The highest BCUT2D eigenvalue weighted by Gasteiger charge is 2.46. The van der Waals surface area contributed by atoms with Crippen molar-refractivity contribution in [1.82, 2.24) is 0 Å². The number of fused-ring (bicyclic) bond motifs is 3. The van der Waals surface area contributed by atoms with Crippen molar-refractivity contribution in [3.05, 3.63) is 60.3 Å². The van der Waals surface area contributed by atoms with Gasteiger partial charge in [-0.25, -0.2) is 0 Å². The molecule has 0 bridgehead atoms. The number of hydrogen-bond donors (Lipinski definition) is 0. The third-order valence-corrected chi connectivity index (χ3v) is 5.49. The maximum Gasteiger partial charge on any atom is 0.116 e. The van der Waals surface area contributed by atoms with Crippen molar-refractivity contribution >= 4 is 0 Å². The zero-order valence-corrected chi connectivity index (χ0v) is 13.1. The van der Waals surface area contributed by atoms with Crippen LogP contribution >= 0.6 is 0 Å². The molecule has 0 aliphatic heterocycles. The fraction of sp³-hybridized carbons (Fsp3) is 0.368. The molecular formula is C19H23N. The van der Waals surface area contributed by atoms with Crippen LogP contribution in [0.15, 0.2) is 36.5 Å². The van der Waals surface area contributed by atoms with E-state index in [1.807, 2.05) is 10.8 Å². The minimum Gasteiger partial charge on any atom is -0.333 e. The molecule has 1 aliphatic rings. The van der Waals surface area contributed by atoms with Crippen LogP contribution in [0.5, 0.6) is 0 Å². The van der Waals surface area contributed by atoms with Crippen LogP contribution in [0, 0.1) is 14.0 Å². The van der Waals surface area contributed by atoms with E-state index >= 15 is 0 Å². The highest BCUT2D eigenvalue weighted by molar-refractivity contribution is 5.75. The van der Waals surface area contributed by atoms with E-state index in [2.05, 4.69) is 72.0 Å². The Balaban J connectivity index is 2.52. The summed E-state index contributed by atoms with van der Waals surface area (Å²) in [7, 11) is 4.20. The summed E-state index contributed by atoms with van der Waals surface area (Å²) in [5.74, 6) is 0. The summed E-state index contributed by atoms with van der Waals surface area (Å²) in [6, 6.07) is 11.0. The third-order valence-electron chi connectivity index (χ3n) is 5.49. The van der Waals surface area contributed by atoms with Gasteiger partial charge in [0, 0.05) is 7.05 Å². The maximum absolute atomic E-state index is 4.20. The van der Waals surface area contributed by atoms with Gasteiger partial charge in [0.05, 0.1) is 6.20 Å². The number of nitrogens with zero attached hydrogens (tertiary/aromatic N) is 1. The predicted molar refractivity (Wildman–Crippen MR) is 83.6 cm³/mol. The molecule has 0 spiro atoms. The van der Waals surface area contributed by atoms with Gasteiger partial charge in [0.25, 0.3) is 0 Å². The second-order valence-corrected chi connectivity index (χ2v) is 6.99. The van der Waals surface area contributed by atoms with Gasteiger partial charge in [-0.3, -0.25) is 0 Å². The van der Waals surface area contributed by atoms with Gasteiger partial charge in [-0.15, -0.1) is 0 Å². The summed E-state index contributed by atoms with van der Waals surface area (Å²) >= 11 is 0. The summed E-state index contributed by atoms with van der Waals surface area (Å²) in [6.07, 6.45) is 2.05. The van der Waals surface area contributed by atoms with Crippen molar-refractivity contribution in [2.75, 3.05) is 0 Å². The minimum absolute atomic E-state index is 0.0732. The molecule has 3 rings (SSSR count). The van der Waals surface area contributed by atoms with Crippen molar-refractivity contribution in [3.8, 4) is 11.3 Å². The Morgan fingerprint density at radius 1 is 0.900 bits per heavy atom. The Bertz CT molecular complexity index is 631. The summed E-state index contributed by atoms with van der Waals surface area (Å²) in [5, 5.41) is 0. The molecule has 1 aromatic heterocycles. The van der Waals surface area contributed by atoms with E-state index in [0.717, 1.165) is 0 Å². The van der Waals surface area contributed by atoms with E-state index in [-0.39, 0.29) is 10.8 Å². The first-order valence-electron chi connectivity index (χ1n) is 7.25. The Kier molecular flexibility index (Phi) is 2.57. The Labute approximate surface area is 122 Å². The molecule has 0 saturated heterocycles. The van der Waals surface area contributed by atoms with Crippen LogP contribution in [0.2, 0.25) is 0 Å². The number of rotatable bonds is 0. The van der Waals surface area contributed by atoms with Crippen LogP contribution in [-0.4, -0.2) is 0 Å². The van der Waals surface area contributed by atoms with Crippen LogP contribution in [0.4, 0.5) is 0 Å². The zero-order chi connectivity index (χ0) is 14.7. The van der Waals surface area contributed by atoms with Gasteiger partial charge < -0.3 is 4.57 Å². The molecule has 1 heteroatoms. The number of hydrogen-bond acceptors (Lipinski definition) is 0. The second-order valence-electron chi connectivity index (χ2n) is 6.99. The van der Waals surface area contributed by atoms with Crippen molar-refractivity contribution in [2.24, 2.45) is 0 Å². The van der Waals surface area contributed by atoms with E-state index in [9.17, 15) is 0 Å². The van der Waals surface area contributed by atoms with Crippen LogP contribution in [0.3, 0.4) is 0 Å². The molecular weight excluding hydrogens is 242 g/mol. The number of benzene rings is 1. The molecule has 0 amide bonds. The van der Waals surface area contributed by atoms with Crippen molar-refractivity contribution < 1.29 is 4.57 Å². The number of pyridine rings is 1. The first-order chi connectivity index (χ1) is 9.28. The Morgan fingerprint density at radius 2 is 1.50 bits per heavy atom. The average molecular weight is 265 g/mol. The average Bonchev–Trinajstić information content (AvgIpc) is 2.37. The number of aromatic nitrogens is 1. The standard InChI is InChI=1S/C19H23N/c1-13-9-7-10-14-16(13)17-15(11-8-12-20(17)6)19(4,5)18(14,2)3/h7-12H,6H2,1-5H3. The molecule has 1 nitrogen and oxygen atoms in total. The van der Waals surface area contributed by atoms with E-state index in [1.54, 1.807) is 0 Å². The van der Waals surface area contributed by atoms with E-state index in [0.29, 0.717) is 0 Å². The summed E-state index contributed by atoms with van der Waals surface area (Å²) in [4.78, 5) is 0. The fourth-order valence-corrected chi connectivity index (χ4v) is 3.51. The van der Waals surface area contributed by atoms with Crippen molar-refractivity contribution in [2.45, 2.75) is 45.4 Å². The third kappa shape index (κ3) is 1.44. The normalized spacial score (nSPS) is 18.2. The van der Waals surface area contributed by atoms with Gasteiger partial charge in [-0.2, -0.15) is 0 Å². The Morgan fingerprint density at radius 3 is 2.20 bits per heavy atom. The molecule has 104 valence electrons. The molecule has 0 N–H and O–H groups in total. The monoisotopic (exact) mass is 265 g/mol. The first-order valence-corrected chi connectivity index (χ1v) is 7.25. The van der Waals surface area contributed by atoms with Gasteiger partial charge in [-0.1, -0.05) is 58.0 Å². The summed E-state index contributed by atoms with van der Waals surface area (Å²) < 4.78 is 2.03. The maximum atomic E-state index is 4.20. The predicted octanol–water partition coefficient (Wildman–Crippen LogP) is 4.16. The minimum atomic E-state index is 0.0732. The van der Waals surface area contributed by atoms with Crippen LogP contribution in [-0.2, 0) is 10.8 Å². The summed E-state index contributed by atoms with van der Waals surface area (Å²) in [5.41, 5.74) is 6.95. The van der Waals surface area contributed by atoms with Gasteiger partial charge in [0.15, 0.2) is 0 Å². The van der Waals surface area contributed by atoms with E-state index in [4.69, 9.17) is 0 Å². The molecule has 0 radical (unpaired) electrons. The molecule has 1 aliphatic carbocycles. The largest absolute Gasteiger partial charge is 0.333 e. The van der Waals surface area contributed by atoms with Crippen LogP contribution < -0.4 is 4.57 Å². The SMILES string of the molecule is [CH2-][n+]1cccc2c1-c1c(C)cccc1C(C)(C)C2(C)C. The van der Waals surface area contributed by atoms with Crippen LogP contribution in [0.1, 0.15) is 44.4 Å². The first kappa shape index (κ1) is 13.2. The quantitative estimate of drug-likeness (QED) is 0.497. The van der Waals surface area contributed by atoms with E-state index in [1.165, 1.54) is 27.9 Å². The molecule has 0 unspecified atom stereocenters. The van der Waals surface area contributed by atoms with E-state index < -0.39 is 0 Å². The molecule has 1 aromatic carbocycles. The molecule has 0 atom stereocenters. The summed E-state index contributed by atoms with van der Waals surface area (Å²) in [6.45, 7) is 11.6. The van der Waals surface area contributed by atoms with Crippen LogP contribution in [0.25, 0.3) is 11.3 Å². The Hall–Kier alpha value is -1.76. The fourth-order valence-electron chi connectivity index (χ4n) is 3.51. The second kappa shape index (κ2) is 3.88. The van der Waals surface area contributed by atoms with Crippen molar-refractivity contribution in [3.63, 3.8) is 0 Å². The number of aryl methyl sites for hydroxylation is 1. The molecule has 20 heavy (non-hydrogen) atoms. The lowest BCUT2D eigenvalue weighted by Gasteiger charge is -2.49. The molecule has 0 fully saturated rings. The lowest BCUT2D eigenvalue weighted by atomic mass is 9.56. The zero-order valence-electron chi connectivity index (χ0n) is 13.1. The van der Waals surface area contributed by atoms with Gasteiger partial charge in [-0.05, 0) is 40.0 Å². The highest BCUT2D eigenvalue weighted by atomic mass is 14.9. The lowest BCUT2D eigenvalue weighted by Crippen LogP contribution is -2.47.